The van der Waals surface area contributed by atoms with Crippen molar-refractivity contribution in [2.45, 2.75) is 37.4 Å². The molecular weight excluding hydrogens is 436 g/mol. The van der Waals surface area contributed by atoms with E-state index in [0.29, 0.717) is 27.1 Å². The van der Waals surface area contributed by atoms with Gasteiger partial charge in [0.2, 0.25) is 0 Å². The van der Waals surface area contributed by atoms with Crippen LogP contribution in [0.2, 0.25) is 0 Å². The predicted octanol–water partition coefficient (Wildman–Crippen LogP) is 5.94. The Morgan fingerprint density at radius 3 is 2.33 bits per heavy atom. The lowest BCUT2D eigenvalue weighted by molar-refractivity contribution is -0.105. The standard InChI is InChI=1S/C27H26O5S/c1-18-6-8-19(9-7-18)27-26(23-15-14-22(29-2)17-24(23)33(27)28)32-21-12-10-20(11-13-21)31-25-5-3-4-16-30-25/h6-15,17,25H,3-5,16H2,1-2H3. The fraction of sp³-hybridized carbons (Fsp3) is 0.259. The molecule has 2 aliphatic heterocycles. The van der Waals surface area contributed by atoms with Gasteiger partial charge in [-0.1, -0.05) is 29.8 Å². The summed E-state index contributed by atoms with van der Waals surface area (Å²) in [7, 11) is 0.220. The summed E-state index contributed by atoms with van der Waals surface area (Å²) in [5.41, 5.74) is 2.82. The maximum atomic E-state index is 13.5. The van der Waals surface area contributed by atoms with Crippen molar-refractivity contribution >= 4 is 21.5 Å². The fourth-order valence-corrected chi connectivity index (χ4v) is 5.47. The lowest BCUT2D eigenvalue weighted by atomic mass is 10.1. The highest BCUT2D eigenvalue weighted by atomic mass is 32.2. The molecular formula is C27H26O5S. The Labute approximate surface area is 196 Å². The Hall–Kier alpha value is -3.09. The Morgan fingerprint density at radius 1 is 0.909 bits per heavy atom. The molecule has 0 spiro atoms. The van der Waals surface area contributed by atoms with Gasteiger partial charge in [0.25, 0.3) is 0 Å². The van der Waals surface area contributed by atoms with Crippen LogP contribution in [0.25, 0.3) is 10.7 Å². The number of rotatable bonds is 6. The number of hydrogen-bond acceptors (Lipinski definition) is 5. The topological polar surface area (TPSA) is 54.0 Å². The summed E-state index contributed by atoms with van der Waals surface area (Å²) in [5, 5.41) is 0. The highest BCUT2D eigenvalue weighted by molar-refractivity contribution is 7.95. The van der Waals surface area contributed by atoms with Crippen LogP contribution in [0, 0.1) is 6.92 Å². The molecule has 6 heteroatoms. The molecule has 2 aliphatic rings. The summed E-state index contributed by atoms with van der Waals surface area (Å²) in [5.74, 6) is 2.64. The minimum absolute atomic E-state index is 0.194. The van der Waals surface area contributed by atoms with Crippen LogP contribution in [0.1, 0.15) is 36.0 Å². The highest BCUT2D eigenvalue weighted by Crippen LogP contribution is 2.44. The van der Waals surface area contributed by atoms with Gasteiger partial charge in [-0.05, 0) is 67.8 Å². The number of ether oxygens (including phenoxy) is 4. The van der Waals surface area contributed by atoms with E-state index in [9.17, 15) is 4.21 Å². The SMILES string of the molecule is COc1ccc2c(c1)S(=O)C(c1ccc(C)cc1)=C2Oc1ccc(OC2CCCCO2)cc1. The Balaban J connectivity index is 1.46. The van der Waals surface area contributed by atoms with Crippen molar-refractivity contribution in [1.29, 1.82) is 0 Å². The summed E-state index contributed by atoms with van der Waals surface area (Å²) in [4.78, 5) is 1.35. The molecule has 3 aromatic carbocycles. The van der Waals surface area contributed by atoms with E-state index in [1.54, 1.807) is 7.11 Å². The second-order valence-corrected chi connectivity index (χ2v) is 9.53. The van der Waals surface area contributed by atoms with Crippen LogP contribution >= 0.6 is 0 Å². The maximum Gasteiger partial charge on any atom is 0.199 e. The molecule has 1 saturated heterocycles. The van der Waals surface area contributed by atoms with Crippen LogP contribution in [0.15, 0.2) is 71.6 Å². The van der Waals surface area contributed by atoms with Gasteiger partial charge in [-0.3, -0.25) is 0 Å². The summed E-state index contributed by atoms with van der Waals surface area (Å²) < 4.78 is 36.8. The third kappa shape index (κ3) is 4.54. The van der Waals surface area contributed by atoms with Gasteiger partial charge in [-0.15, -0.1) is 0 Å². The second-order valence-electron chi connectivity index (χ2n) is 8.14. The van der Waals surface area contributed by atoms with Gasteiger partial charge in [-0.25, -0.2) is 4.21 Å². The van der Waals surface area contributed by atoms with Crippen molar-refractivity contribution in [1.82, 2.24) is 0 Å². The lowest BCUT2D eigenvalue weighted by Crippen LogP contribution is -2.24. The number of benzene rings is 3. The minimum Gasteiger partial charge on any atom is -0.497 e. The van der Waals surface area contributed by atoms with Crippen LogP contribution < -0.4 is 14.2 Å². The molecule has 1 fully saturated rings. The first-order valence-corrected chi connectivity index (χ1v) is 12.2. The fourth-order valence-electron chi connectivity index (χ4n) is 3.99. The van der Waals surface area contributed by atoms with Gasteiger partial charge < -0.3 is 18.9 Å². The molecule has 0 amide bonds. The third-order valence-corrected chi connectivity index (χ3v) is 7.32. The van der Waals surface area contributed by atoms with E-state index in [2.05, 4.69) is 0 Å². The largest absolute Gasteiger partial charge is 0.497 e. The normalized spacial score (nSPS) is 19.8. The molecule has 0 radical (unpaired) electrons. The van der Waals surface area contributed by atoms with E-state index in [1.165, 1.54) is 0 Å². The second kappa shape index (κ2) is 9.41. The van der Waals surface area contributed by atoms with Gasteiger partial charge in [0.05, 0.1) is 34.3 Å². The van der Waals surface area contributed by atoms with E-state index in [0.717, 1.165) is 48.3 Å². The van der Waals surface area contributed by atoms with Gasteiger partial charge >= 0.3 is 0 Å². The Kier molecular flexibility index (Phi) is 6.20. The van der Waals surface area contributed by atoms with Crippen molar-refractivity contribution < 1.29 is 23.2 Å². The quantitative estimate of drug-likeness (QED) is 0.454. The molecule has 5 nitrogen and oxygen atoms in total. The summed E-state index contributed by atoms with van der Waals surface area (Å²) >= 11 is 0. The smallest absolute Gasteiger partial charge is 0.199 e. The third-order valence-electron chi connectivity index (χ3n) is 5.79. The van der Waals surface area contributed by atoms with Crippen molar-refractivity contribution in [3.05, 3.63) is 83.4 Å². The summed E-state index contributed by atoms with van der Waals surface area (Å²) in [6.45, 7) is 2.77. The minimum atomic E-state index is -1.38. The van der Waals surface area contributed by atoms with Crippen molar-refractivity contribution in [2.75, 3.05) is 13.7 Å². The lowest BCUT2D eigenvalue weighted by Gasteiger charge is -2.23. The van der Waals surface area contributed by atoms with E-state index in [4.69, 9.17) is 18.9 Å². The number of methoxy groups -OCH3 is 1. The molecule has 3 aromatic rings. The van der Waals surface area contributed by atoms with Gasteiger partial charge in [0, 0.05) is 12.0 Å². The van der Waals surface area contributed by atoms with Gasteiger partial charge in [0.15, 0.2) is 12.0 Å². The molecule has 2 unspecified atom stereocenters. The molecule has 0 aromatic heterocycles. The number of hydrogen-bond donors (Lipinski definition) is 0. The predicted molar refractivity (Wildman–Crippen MR) is 129 cm³/mol. The molecule has 170 valence electrons. The maximum absolute atomic E-state index is 13.5. The zero-order valence-electron chi connectivity index (χ0n) is 18.7. The van der Waals surface area contributed by atoms with Gasteiger partial charge in [0.1, 0.15) is 17.2 Å². The number of fused-ring (bicyclic) bond motifs is 1. The molecule has 0 aliphatic carbocycles. The zero-order chi connectivity index (χ0) is 22.8. The highest BCUT2D eigenvalue weighted by Gasteiger charge is 2.32. The van der Waals surface area contributed by atoms with Crippen LogP contribution in [0.4, 0.5) is 0 Å². The number of aryl methyl sites for hydroxylation is 1. The van der Waals surface area contributed by atoms with Crippen molar-refractivity contribution in [3.63, 3.8) is 0 Å². The average molecular weight is 463 g/mol. The molecule has 5 rings (SSSR count). The molecule has 0 bridgehead atoms. The van der Waals surface area contributed by atoms with Crippen molar-refractivity contribution in [2.24, 2.45) is 0 Å². The Bertz CT molecular complexity index is 1190. The van der Waals surface area contributed by atoms with E-state index >= 15 is 0 Å². The molecule has 2 heterocycles. The summed E-state index contributed by atoms with van der Waals surface area (Å²) in [6.07, 6.45) is 2.90. The van der Waals surface area contributed by atoms with E-state index in [1.807, 2.05) is 73.7 Å². The van der Waals surface area contributed by atoms with Crippen LogP contribution in [0.5, 0.6) is 17.2 Å². The van der Waals surface area contributed by atoms with Crippen LogP contribution in [0.3, 0.4) is 0 Å². The van der Waals surface area contributed by atoms with Crippen LogP contribution in [-0.2, 0) is 15.5 Å². The van der Waals surface area contributed by atoms with Crippen molar-refractivity contribution in [3.8, 4) is 17.2 Å². The zero-order valence-corrected chi connectivity index (χ0v) is 19.5. The first-order chi connectivity index (χ1) is 16.1. The van der Waals surface area contributed by atoms with Crippen LogP contribution in [-0.4, -0.2) is 24.2 Å². The molecule has 33 heavy (non-hydrogen) atoms. The molecule has 0 N–H and O–H groups in total. The molecule has 2 atom stereocenters. The van der Waals surface area contributed by atoms with E-state index < -0.39 is 10.8 Å². The molecule has 0 saturated carbocycles. The average Bonchev–Trinajstić information content (AvgIpc) is 3.12. The van der Waals surface area contributed by atoms with E-state index in [-0.39, 0.29) is 6.29 Å². The monoisotopic (exact) mass is 462 g/mol. The summed E-state index contributed by atoms with van der Waals surface area (Å²) in [6, 6.07) is 21.0. The Morgan fingerprint density at radius 2 is 1.64 bits per heavy atom. The first kappa shape index (κ1) is 21.7. The van der Waals surface area contributed by atoms with Gasteiger partial charge in [-0.2, -0.15) is 0 Å². The first-order valence-electron chi connectivity index (χ1n) is 11.1.